The van der Waals surface area contributed by atoms with Gasteiger partial charge >= 0.3 is 0 Å². The summed E-state index contributed by atoms with van der Waals surface area (Å²) in [5.41, 5.74) is -0.725. The van der Waals surface area contributed by atoms with Gasteiger partial charge in [0.15, 0.2) is 0 Å². The Balaban J connectivity index is 1.55. The molecule has 0 saturated carbocycles. The van der Waals surface area contributed by atoms with Crippen molar-refractivity contribution in [2.24, 2.45) is 11.8 Å². The van der Waals surface area contributed by atoms with E-state index >= 15 is 0 Å². The third-order valence-corrected chi connectivity index (χ3v) is 5.97. The lowest BCUT2D eigenvalue weighted by molar-refractivity contribution is -0.909. The molecule has 3 saturated heterocycles. The molecule has 0 aromatic heterocycles. The second-order valence-electron chi connectivity index (χ2n) is 7.04. The first kappa shape index (κ1) is 14.2. The highest BCUT2D eigenvalue weighted by Crippen LogP contribution is 2.51. The quantitative estimate of drug-likeness (QED) is 0.587. The number of likely N-dealkylation sites (N-methyl/N-ethyl adjacent to an activating group) is 1. The van der Waals surface area contributed by atoms with Crippen LogP contribution in [-0.4, -0.2) is 60.7 Å². The molecule has 0 aromatic rings. The molecule has 1 amide bonds. The van der Waals surface area contributed by atoms with E-state index in [-0.39, 0.29) is 5.91 Å². The lowest BCUT2D eigenvalue weighted by Crippen LogP contribution is -3.14. The zero-order valence-corrected chi connectivity index (χ0v) is 12.8. The number of carboxylic acid groups (broad SMARTS) is 1. The predicted molar refractivity (Wildman–Crippen MR) is 74.7 cm³/mol. The number of hydrogen-bond donors (Lipinski definition) is 1. The van der Waals surface area contributed by atoms with Gasteiger partial charge in [-0.25, -0.2) is 0 Å². The van der Waals surface area contributed by atoms with Gasteiger partial charge in [0.1, 0.15) is 11.6 Å². The van der Waals surface area contributed by atoms with E-state index in [1.54, 1.807) is 11.0 Å². The van der Waals surface area contributed by atoms with Gasteiger partial charge < -0.3 is 24.4 Å². The van der Waals surface area contributed by atoms with Crippen LogP contribution in [0.4, 0.5) is 0 Å². The Bertz CT molecular complexity index is 548. The molecule has 22 heavy (non-hydrogen) atoms. The van der Waals surface area contributed by atoms with Gasteiger partial charge in [-0.05, 0) is 6.92 Å². The Hall–Kier alpha value is -1.40. The topological polar surface area (TPSA) is 74.1 Å². The fourth-order valence-corrected chi connectivity index (χ4v) is 4.94. The number of carbonyl (C=O) groups is 2. The number of nitrogens with one attached hydrogen (secondary N) is 1. The number of quaternary nitrogens is 1. The lowest BCUT2D eigenvalue weighted by Gasteiger charge is -2.27. The summed E-state index contributed by atoms with van der Waals surface area (Å²) in [5.74, 6) is -2.67. The van der Waals surface area contributed by atoms with E-state index in [1.807, 2.05) is 11.0 Å². The number of likely N-dealkylation sites (tertiary alicyclic amines) is 2. The summed E-state index contributed by atoms with van der Waals surface area (Å²) in [6.45, 7) is 5.61. The first-order valence-electron chi connectivity index (χ1n) is 8.27. The summed E-state index contributed by atoms with van der Waals surface area (Å²) < 4.78 is 5.87. The summed E-state index contributed by atoms with van der Waals surface area (Å²) in [5, 5.41) is 11.4. The lowest BCUT2D eigenvalue weighted by atomic mass is 9.77. The largest absolute Gasteiger partial charge is 0.550 e. The highest BCUT2D eigenvalue weighted by Gasteiger charge is 2.65. The highest BCUT2D eigenvalue weighted by molar-refractivity contribution is 5.90. The van der Waals surface area contributed by atoms with Crippen LogP contribution < -0.4 is 10.0 Å². The van der Waals surface area contributed by atoms with E-state index < -0.39 is 29.5 Å². The third kappa shape index (κ3) is 1.80. The van der Waals surface area contributed by atoms with Crippen molar-refractivity contribution in [1.29, 1.82) is 0 Å². The summed E-state index contributed by atoms with van der Waals surface area (Å²) in [7, 11) is 0. The number of nitrogens with zero attached hydrogens (tertiary/aromatic N) is 1. The number of aliphatic carboxylic acids is 1. The predicted octanol–water partition coefficient (Wildman–Crippen LogP) is -2.41. The van der Waals surface area contributed by atoms with Gasteiger partial charge in [0, 0.05) is 24.7 Å². The van der Waals surface area contributed by atoms with Crippen molar-refractivity contribution in [3.05, 3.63) is 12.2 Å². The molecule has 6 heteroatoms. The van der Waals surface area contributed by atoms with Crippen LogP contribution in [0.3, 0.4) is 0 Å². The molecular formula is C16H22N2O4. The minimum Gasteiger partial charge on any atom is -0.550 e. The normalized spacial score (nSPS) is 45.8. The van der Waals surface area contributed by atoms with Crippen molar-refractivity contribution in [3.8, 4) is 0 Å². The molecule has 0 radical (unpaired) electrons. The molecule has 6 atom stereocenters. The summed E-state index contributed by atoms with van der Waals surface area (Å²) in [4.78, 5) is 27.6. The third-order valence-electron chi connectivity index (χ3n) is 5.97. The minimum absolute atomic E-state index is 0.0663. The van der Waals surface area contributed by atoms with Crippen molar-refractivity contribution in [2.45, 2.75) is 37.5 Å². The average molecular weight is 306 g/mol. The van der Waals surface area contributed by atoms with E-state index in [0.717, 1.165) is 19.5 Å². The van der Waals surface area contributed by atoms with Gasteiger partial charge in [-0.2, -0.15) is 0 Å². The molecule has 3 fully saturated rings. The maximum Gasteiger partial charge on any atom is 0.230 e. The highest BCUT2D eigenvalue weighted by atomic mass is 16.5. The van der Waals surface area contributed by atoms with Crippen molar-refractivity contribution in [3.63, 3.8) is 0 Å². The second-order valence-corrected chi connectivity index (χ2v) is 7.04. The first-order chi connectivity index (χ1) is 10.6. The molecule has 4 heterocycles. The van der Waals surface area contributed by atoms with Gasteiger partial charge in [-0.3, -0.25) is 4.79 Å². The van der Waals surface area contributed by atoms with Gasteiger partial charge in [-0.15, -0.1) is 0 Å². The summed E-state index contributed by atoms with van der Waals surface area (Å²) in [6, 6.07) is 0.465. The fraction of sp³-hybridized carbons (Fsp3) is 0.750. The van der Waals surface area contributed by atoms with Crippen LogP contribution in [0, 0.1) is 11.8 Å². The van der Waals surface area contributed by atoms with Crippen molar-refractivity contribution in [2.75, 3.05) is 26.2 Å². The number of rotatable bonds is 4. The number of ether oxygens (including phenoxy) is 1. The molecule has 0 aliphatic carbocycles. The molecule has 6 nitrogen and oxygen atoms in total. The Labute approximate surface area is 129 Å². The van der Waals surface area contributed by atoms with Crippen molar-refractivity contribution in [1.82, 2.24) is 4.90 Å². The Morgan fingerprint density at radius 1 is 1.59 bits per heavy atom. The average Bonchev–Trinajstić information content (AvgIpc) is 3.21. The van der Waals surface area contributed by atoms with E-state index in [4.69, 9.17) is 4.74 Å². The van der Waals surface area contributed by atoms with Crippen molar-refractivity contribution < 1.29 is 24.3 Å². The minimum atomic E-state index is -1.17. The van der Waals surface area contributed by atoms with Crippen LogP contribution in [0.5, 0.6) is 0 Å². The van der Waals surface area contributed by atoms with Crippen LogP contribution in [0.2, 0.25) is 0 Å². The van der Waals surface area contributed by atoms with Crippen molar-refractivity contribution >= 4 is 11.9 Å². The molecule has 4 rings (SSSR count). The number of hydrogen-bond acceptors (Lipinski definition) is 4. The Kier molecular flexibility index (Phi) is 3.10. The zero-order chi connectivity index (χ0) is 15.5. The number of amides is 1. The standard InChI is InChI=1S/C16H22N2O4/c1-2-17-7-3-4-10(17)8-18-9-16-6-5-11(22-16)12(15(20)21)13(16)14(18)19/h5-6,10-13H,2-4,7-9H2,1H3,(H,20,21)/t10-,11-,12+,13-,16-/m1/s1. The van der Waals surface area contributed by atoms with Crippen LogP contribution in [0.25, 0.3) is 0 Å². The van der Waals surface area contributed by atoms with Crippen LogP contribution in [0.1, 0.15) is 19.8 Å². The molecule has 2 bridgehead atoms. The Morgan fingerprint density at radius 3 is 3.14 bits per heavy atom. The molecule has 1 spiro atoms. The number of fused-ring (bicyclic) bond motifs is 1. The van der Waals surface area contributed by atoms with Crippen LogP contribution >= 0.6 is 0 Å². The van der Waals surface area contributed by atoms with Crippen LogP contribution in [0.15, 0.2) is 12.2 Å². The molecule has 1 N–H and O–H groups in total. The number of carbonyl (C=O) groups excluding carboxylic acids is 2. The maximum absolute atomic E-state index is 12.8. The molecular weight excluding hydrogens is 284 g/mol. The summed E-state index contributed by atoms with van der Waals surface area (Å²) in [6.07, 6.45) is 5.52. The summed E-state index contributed by atoms with van der Waals surface area (Å²) >= 11 is 0. The van der Waals surface area contributed by atoms with E-state index in [1.165, 1.54) is 6.42 Å². The molecule has 120 valence electrons. The SMILES string of the molecule is CC[NH+]1CCC[C@@H]1CN1C[C@@]23C=C[C@@H](O2)[C@H](C(=O)[O-])[C@@H]3C1=O. The second kappa shape index (κ2) is 4.80. The molecule has 1 unspecified atom stereocenters. The van der Waals surface area contributed by atoms with E-state index in [9.17, 15) is 14.7 Å². The van der Waals surface area contributed by atoms with E-state index in [2.05, 4.69) is 6.92 Å². The van der Waals surface area contributed by atoms with Crippen LogP contribution in [-0.2, 0) is 14.3 Å². The zero-order valence-electron chi connectivity index (χ0n) is 12.8. The Morgan fingerprint density at radius 2 is 2.41 bits per heavy atom. The maximum atomic E-state index is 12.8. The number of carboxylic acids is 1. The molecule has 4 aliphatic heterocycles. The van der Waals surface area contributed by atoms with E-state index in [0.29, 0.717) is 19.1 Å². The first-order valence-corrected chi connectivity index (χ1v) is 8.27. The fourth-order valence-electron chi connectivity index (χ4n) is 4.94. The van der Waals surface area contributed by atoms with Gasteiger partial charge in [0.25, 0.3) is 0 Å². The van der Waals surface area contributed by atoms with Gasteiger partial charge in [0.05, 0.1) is 38.2 Å². The van der Waals surface area contributed by atoms with Gasteiger partial charge in [0.2, 0.25) is 5.91 Å². The molecule has 4 aliphatic rings. The van der Waals surface area contributed by atoms with Gasteiger partial charge in [-0.1, -0.05) is 12.2 Å². The smallest absolute Gasteiger partial charge is 0.230 e. The molecule has 0 aromatic carbocycles. The monoisotopic (exact) mass is 306 g/mol.